The van der Waals surface area contributed by atoms with Crippen molar-refractivity contribution in [2.24, 2.45) is 5.73 Å². The molecule has 1 amide bonds. The summed E-state index contributed by atoms with van der Waals surface area (Å²) in [7, 11) is 1.58. The van der Waals surface area contributed by atoms with Crippen LogP contribution in [0.5, 0.6) is 17.2 Å². The number of fused-ring (bicyclic) bond motifs is 1. The molecule has 1 aliphatic heterocycles. The molecule has 2 aromatic carbocycles. The van der Waals surface area contributed by atoms with Gasteiger partial charge in [0.15, 0.2) is 5.82 Å². The number of phenolic OH excluding ortho intramolecular Hbond substituents is 1. The molecule has 0 bridgehead atoms. The van der Waals surface area contributed by atoms with Gasteiger partial charge in [0.05, 0.1) is 19.3 Å². The average molecular weight is 408 g/mol. The summed E-state index contributed by atoms with van der Waals surface area (Å²) < 4.78 is 12.6. The first kappa shape index (κ1) is 19.8. The molecule has 0 saturated heterocycles. The summed E-state index contributed by atoms with van der Waals surface area (Å²) in [6, 6.07) is 8.95. The van der Waals surface area contributed by atoms with E-state index in [1.54, 1.807) is 35.9 Å². The summed E-state index contributed by atoms with van der Waals surface area (Å²) in [5.74, 6) is 1.27. The van der Waals surface area contributed by atoms with Gasteiger partial charge in [-0.05, 0) is 54.7 Å². The lowest BCUT2D eigenvalue weighted by Gasteiger charge is -2.25. The van der Waals surface area contributed by atoms with E-state index in [0.29, 0.717) is 35.9 Å². The Morgan fingerprint density at radius 3 is 2.63 bits per heavy atom. The highest BCUT2D eigenvalue weighted by molar-refractivity contribution is 5.91. The molecule has 3 N–H and O–H groups in total. The number of nitrogens with zero attached hydrogens (tertiary/aromatic N) is 3. The second kappa shape index (κ2) is 7.70. The number of benzene rings is 2. The lowest BCUT2D eigenvalue weighted by atomic mass is 9.91. The minimum absolute atomic E-state index is 0.0189. The molecule has 1 aromatic heterocycles. The zero-order chi connectivity index (χ0) is 21.4. The Kier molecular flexibility index (Phi) is 5.07. The van der Waals surface area contributed by atoms with Gasteiger partial charge in [0.25, 0.3) is 5.91 Å². The van der Waals surface area contributed by atoms with Crippen LogP contribution in [0, 0.1) is 0 Å². The van der Waals surface area contributed by atoms with Crippen LogP contribution in [-0.4, -0.2) is 39.5 Å². The minimum atomic E-state index is -0.713. The first-order valence-corrected chi connectivity index (χ1v) is 9.84. The standard InChI is InChI=1S/C22H24N4O4/c1-12(2)16-11-17(18(27)15-5-4-10-30-19(15)16)21-24-25-22(20(23)28)26(21)13-6-8-14(29-3)9-7-13/h6-9,11-12,27H,4-5,10H2,1-3H3,(H2,23,28). The number of aromatic hydroxyl groups is 1. The molecule has 0 spiro atoms. The molecule has 8 nitrogen and oxygen atoms in total. The van der Waals surface area contributed by atoms with Gasteiger partial charge in [-0.3, -0.25) is 9.36 Å². The van der Waals surface area contributed by atoms with E-state index in [1.165, 1.54) is 0 Å². The van der Waals surface area contributed by atoms with Crippen LogP contribution >= 0.6 is 0 Å². The van der Waals surface area contributed by atoms with E-state index in [2.05, 4.69) is 24.0 Å². The fraction of sp³-hybridized carbons (Fsp3) is 0.318. The van der Waals surface area contributed by atoms with Gasteiger partial charge >= 0.3 is 0 Å². The molecular formula is C22H24N4O4. The first-order valence-electron chi connectivity index (χ1n) is 9.84. The maximum absolute atomic E-state index is 12.0. The van der Waals surface area contributed by atoms with E-state index in [0.717, 1.165) is 23.3 Å². The molecule has 8 heteroatoms. The highest BCUT2D eigenvalue weighted by atomic mass is 16.5. The molecule has 0 aliphatic carbocycles. The topological polar surface area (TPSA) is 112 Å². The molecule has 4 rings (SSSR count). The van der Waals surface area contributed by atoms with E-state index in [9.17, 15) is 9.90 Å². The van der Waals surface area contributed by atoms with Gasteiger partial charge in [0.2, 0.25) is 5.82 Å². The SMILES string of the molecule is COc1ccc(-n2c(C(N)=O)nnc2-c2cc(C(C)C)c3c(c2O)CCCO3)cc1. The number of carbonyl (C=O) groups excluding carboxylic acids is 1. The van der Waals surface area contributed by atoms with E-state index >= 15 is 0 Å². The summed E-state index contributed by atoms with van der Waals surface area (Å²) in [4.78, 5) is 12.0. The van der Waals surface area contributed by atoms with Gasteiger partial charge < -0.3 is 20.3 Å². The Morgan fingerprint density at radius 2 is 2.00 bits per heavy atom. The lowest BCUT2D eigenvalue weighted by molar-refractivity contribution is 0.0988. The number of carbonyl (C=O) groups is 1. The maximum Gasteiger partial charge on any atom is 0.287 e. The molecule has 2 heterocycles. The predicted molar refractivity (Wildman–Crippen MR) is 111 cm³/mol. The number of hydrogen-bond acceptors (Lipinski definition) is 6. The minimum Gasteiger partial charge on any atom is -0.507 e. The Labute approximate surface area is 174 Å². The Hall–Kier alpha value is -3.55. The molecular weight excluding hydrogens is 384 g/mol. The molecule has 0 saturated carbocycles. The fourth-order valence-electron chi connectivity index (χ4n) is 3.75. The summed E-state index contributed by atoms with van der Waals surface area (Å²) in [6.07, 6.45) is 1.52. The number of aromatic nitrogens is 3. The van der Waals surface area contributed by atoms with Crippen LogP contribution in [0.2, 0.25) is 0 Å². The van der Waals surface area contributed by atoms with Crippen molar-refractivity contribution in [2.75, 3.05) is 13.7 Å². The quantitative estimate of drug-likeness (QED) is 0.670. The van der Waals surface area contributed by atoms with Crippen LogP contribution in [-0.2, 0) is 6.42 Å². The summed E-state index contributed by atoms with van der Waals surface area (Å²) >= 11 is 0. The van der Waals surface area contributed by atoms with Crippen molar-refractivity contribution >= 4 is 5.91 Å². The Balaban J connectivity index is 1.97. The van der Waals surface area contributed by atoms with Crippen LogP contribution < -0.4 is 15.2 Å². The molecule has 0 unspecified atom stereocenters. The van der Waals surface area contributed by atoms with Gasteiger partial charge in [-0.15, -0.1) is 10.2 Å². The van der Waals surface area contributed by atoms with Crippen LogP contribution in [0.15, 0.2) is 30.3 Å². The number of phenols is 1. The van der Waals surface area contributed by atoms with Gasteiger partial charge in [-0.25, -0.2) is 0 Å². The van der Waals surface area contributed by atoms with Crippen molar-refractivity contribution in [1.82, 2.24) is 14.8 Å². The number of methoxy groups -OCH3 is 1. The van der Waals surface area contributed by atoms with E-state index in [1.807, 2.05) is 6.07 Å². The average Bonchev–Trinajstić information content (AvgIpc) is 3.19. The molecule has 0 fully saturated rings. The second-order valence-corrected chi connectivity index (χ2v) is 7.52. The molecule has 30 heavy (non-hydrogen) atoms. The second-order valence-electron chi connectivity index (χ2n) is 7.52. The number of hydrogen-bond donors (Lipinski definition) is 2. The number of nitrogens with two attached hydrogens (primary N) is 1. The Bertz CT molecular complexity index is 1100. The van der Waals surface area contributed by atoms with E-state index in [-0.39, 0.29) is 17.5 Å². The number of amides is 1. The third-order valence-electron chi connectivity index (χ3n) is 5.27. The van der Waals surface area contributed by atoms with Crippen LogP contribution in [0.3, 0.4) is 0 Å². The highest BCUT2D eigenvalue weighted by Crippen LogP contribution is 2.45. The van der Waals surface area contributed by atoms with Crippen molar-refractivity contribution < 1.29 is 19.4 Å². The Morgan fingerprint density at radius 1 is 1.27 bits per heavy atom. The van der Waals surface area contributed by atoms with Crippen LogP contribution in [0.25, 0.3) is 17.1 Å². The maximum atomic E-state index is 12.0. The molecule has 3 aromatic rings. The number of rotatable bonds is 5. The number of ether oxygens (including phenoxy) is 2. The van der Waals surface area contributed by atoms with Crippen LogP contribution in [0.1, 0.15) is 47.9 Å². The summed E-state index contributed by atoms with van der Waals surface area (Å²) in [6.45, 7) is 4.76. The number of primary amides is 1. The van der Waals surface area contributed by atoms with Crippen molar-refractivity contribution in [3.63, 3.8) is 0 Å². The van der Waals surface area contributed by atoms with E-state index in [4.69, 9.17) is 15.2 Å². The largest absolute Gasteiger partial charge is 0.507 e. The van der Waals surface area contributed by atoms with Crippen LogP contribution in [0.4, 0.5) is 0 Å². The first-order chi connectivity index (χ1) is 14.4. The molecule has 156 valence electrons. The van der Waals surface area contributed by atoms with E-state index < -0.39 is 5.91 Å². The summed E-state index contributed by atoms with van der Waals surface area (Å²) in [5, 5.41) is 19.3. The molecule has 1 aliphatic rings. The molecule has 0 atom stereocenters. The zero-order valence-corrected chi connectivity index (χ0v) is 17.2. The highest BCUT2D eigenvalue weighted by Gasteiger charge is 2.28. The lowest BCUT2D eigenvalue weighted by Crippen LogP contribution is -2.18. The normalized spacial score (nSPS) is 13.1. The monoisotopic (exact) mass is 408 g/mol. The zero-order valence-electron chi connectivity index (χ0n) is 17.2. The summed E-state index contributed by atoms with van der Waals surface area (Å²) in [5.41, 5.74) is 8.40. The molecule has 0 radical (unpaired) electrons. The fourth-order valence-corrected chi connectivity index (χ4v) is 3.75. The van der Waals surface area contributed by atoms with Crippen molar-refractivity contribution in [3.8, 4) is 34.3 Å². The third-order valence-corrected chi connectivity index (χ3v) is 5.27. The van der Waals surface area contributed by atoms with Gasteiger partial charge in [0.1, 0.15) is 17.2 Å². The van der Waals surface area contributed by atoms with Gasteiger partial charge in [-0.2, -0.15) is 0 Å². The van der Waals surface area contributed by atoms with Crippen molar-refractivity contribution in [3.05, 3.63) is 47.3 Å². The van der Waals surface area contributed by atoms with Gasteiger partial charge in [0, 0.05) is 11.3 Å². The van der Waals surface area contributed by atoms with Crippen molar-refractivity contribution in [1.29, 1.82) is 0 Å². The smallest absolute Gasteiger partial charge is 0.287 e. The third kappa shape index (κ3) is 3.24. The predicted octanol–water partition coefficient (Wildman–Crippen LogP) is 3.20. The van der Waals surface area contributed by atoms with Crippen molar-refractivity contribution in [2.45, 2.75) is 32.6 Å². The van der Waals surface area contributed by atoms with Gasteiger partial charge in [-0.1, -0.05) is 13.8 Å².